The lowest BCUT2D eigenvalue weighted by molar-refractivity contribution is -0.140. The molecule has 0 spiro atoms. The van der Waals surface area contributed by atoms with E-state index in [2.05, 4.69) is 20.7 Å². The lowest BCUT2D eigenvalue weighted by atomic mass is 10.2. The average Bonchev–Trinajstić information content (AvgIpc) is 2.20. The molecule has 0 N–H and O–H groups in total. The van der Waals surface area contributed by atoms with Crippen LogP contribution in [-0.4, -0.2) is 18.4 Å². The van der Waals surface area contributed by atoms with Gasteiger partial charge < -0.3 is 4.74 Å². The smallest absolute Gasteiger partial charge is 0.305 e. The van der Waals surface area contributed by atoms with E-state index in [9.17, 15) is 4.79 Å². The Bertz CT molecular complexity index is 105. The fourth-order valence-electron chi connectivity index (χ4n) is 0.819. The Morgan fingerprint density at radius 3 is 2.15 bits per heavy atom. The van der Waals surface area contributed by atoms with Crippen molar-refractivity contribution in [2.24, 2.45) is 0 Å². The summed E-state index contributed by atoms with van der Waals surface area (Å²) < 4.78 is 4.51. The fourth-order valence-corrected chi connectivity index (χ4v) is 1.22. The van der Waals surface area contributed by atoms with E-state index < -0.39 is 0 Å². The zero-order valence-corrected chi connectivity index (χ0v) is 10.5. The first kappa shape index (κ1) is 15.4. The average molecular weight is 253 g/mol. The minimum absolute atomic E-state index is 0.0937. The molecule has 0 amide bonds. The summed E-state index contributed by atoms with van der Waals surface area (Å²) in [6.45, 7) is 4.00. The third-order valence-electron chi connectivity index (χ3n) is 1.49. The summed E-state index contributed by atoms with van der Waals surface area (Å²) in [5, 5.41) is 1.06. The highest BCUT2D eigenvalue weighted by molar-refractivity contribution is 9.09. The van der Waals surface area contributed by atoms with Gasteiger partial charge in [-0.1, -0.05) is 42.6 Å². The Balaban J connectivity index is 0. The first-order chi connectivity index (χ1) is 6.31. The maximum atomic E-state index is 10.6. The summed E-state index contributed by atoms with van der Waals surface area (Å²) in [6, 6.07) is 0. The van der Waals surface area contributed by atoms with Crippen molar-refractivity contribution in [3.8, 4) is 0 Å². The Labute approximate surface area is 90.2 Å². The first-order valence-electron chi connectivity index (χ1n) is 4.94. The van der Waals surface area contributed by atoms with Gasteiger partial charge in [0.1, 0.15) is 0 Å². The number of esters is 1. The predicted octanol–water partition coefficient (Wildman–Crippen LogP) is 3.53. The van der Waals surface area contributed by atoms with Crippen molar-refractivity contribution < 1.29 is 9.53 Å². The van der Waals surface area contributed by atoms with Crippen LogP contribution in [0.1, 0.15) is 46.0 Å². The van der Waals surface area contributed by atoms with Crippen LogP contribution < -0.4 is 0 Å². The van der Waals surface area contributed by atoms with E-state index in [1.165, 1.54) is 20.0 Å². The molecular weight excluding hydrogens is 232 g/mol. The van der Waals surface area contributed by atoms with Crippen molar-refractivity contribution in [2.45, 2.75) is 46.0 Å². The molecule has 0 aromatic rings. The van der Waals surface area contributed by atoms with E-state index in [0.29, 0.717) is 6.42 Å². The molecule has 0 saturated heterocycles. The van der Waals surface area contributed by atoms with Crippen LogP contribution in [0.25, 0.3) is 0 Å². The number of ether oxygens (including phenoxy) is 1. The van der Waals surface area contributed by atoms with Gasteiger partial charge in [0, 0.05) is 11.8 Å². The van der Waals surface area contributed by atoms with Gasteiger partial charge in [0.2, 0.25) is 0 Å². The highest BCUT2D eigenvalue weighted by Gasteiger charge is 1.97. The van der Waals surface area contributed by atoms with Crippen LogP contribution in [0.3, 0.4) is 0 Å². The third-order valence-corrected chi connectivity index (χ3v) is 2.05. The van der Waals surface area contributed by atoms with Crippen LogP contribution in [-0.2, 0) is 9.53 Å². The molecule has 0 rings (SSSR count). The van der Waals surface area contributed by atoms with E-state index >= 15 is 0 Å². The molecular formula is C10H21BrO2. The number of carbonyl (C=O) groups excluding carboxylic acids is 1. The molecule has 3 heteroatoms. The number of unbranched alkanes of at least 4 members (excludes halogenated alkanes) is 3. The molecule has 80 valence electrons. The summed E-state index contributed by atoms with van der Waals surface area (Å²) in [4.78, 5) is 10.6. The molecule has 0 aromatic carbocycles. The summed E-state index contributed by atoms with van der Waals surface area (Å²) in [5.41, 5.74) is 0. The molecule has 0 atom stereocenters. The van der Waals surface area contributed by atoms with Gasteiger partial charge in [-0.25, -0.2) is 0 Å². The normalized spacial score (nSPS) is 8.62. The number of rotatable bonds is 6. The standard InChI is InChI=1S/C8H15BrO2.C2H6/c1-11-8(10)6-4-2-3-5-7-9;1-2/h2-7H2,1H3;1-2H3. The molecule has 0 aliphatic carbocycles. The molecule has 13 heavy (non-hydrogen) atoms. The van der Waals surface area contributed by atoms with Crippen LogP contribution in [0.4, 0.5) is 0 Å². The van der Waals surface area contributed by atoms with Crippen LogP contribution in [0.2, 0.25) is 0 Å². The van der Waals surface area contributed by atoms with E-state index in [-0.39, 0.29) is 5.97 Å². The Morgan fingerprint density at radius 2 is 1.69 bits per heavy atom. The molecule has 0 unspecified atom stereocenters. The number of carbonyl (C=O) groups is 1. The molecule has 0 aliphatic rings. The van der Waals surface area contributed by atoms with Gasteiger partial charge in [-0.05, 0) is 12.8 Å². The maximum Gasteiger partial charge on any atom is 0.305 e. The van der Waals surface area contributed by atoms with Crippen molar-refractivity contribution in [1.29, 1.82) is 0 Å². The minimum Gasteiger partial charge on any atom is -0.469 e. The van der Waals surface area contributed by atoms with Gasteiger partial charge in [-0.15, -0.1) is 0 Å². The van der Waals surface area contributed by atoms with E-state index in [1.807, 2.05) is 13.8 Å². The highest BCUT2D eigenvalue weighted by Crippen LogP contribution is 2.04. The summed E-state index contributed by atoms with van der Waals surface area (Å²) in [7, 11) is 1.43. The number of halogens is 1. The van der Waals surface area contributed by atoms with E-state index in [1.54, 1.807) is 0 Å². The molecule has 0 bridgehead atoms. The Hall–Kier alpha value is -0.0500. The second kappa shape index (κ2) is 14.5. The van der Waals surface area contributed by atoms with Gasteiger partial charge in [-0.3, -0.25) is 4.79 Å². The van der Waals surface area contributed by atoms with Crippen LogP contribution >= 0.6 is 15.9 Å². The number of hydrogen-bond acceptors (Lipinski definition) is 2. The Kier molecular flexibility index (Phi) is 17.2. The van der Waals surface area contributed by atoms with Gasteiger partial charge in [-0.2, -0.15) is 0 Å². The summed E-state index contributed by atoms with van der Waals surface area (Å²) in [6.07, 6.45) is 5.04. The number of alkyl halides is 1. The van der Waals surface area contributed by atoms with E-state index in [0.717, 1.165) is 18.2 Å². The predicted molar refractivity (Wildman–Crippen MR) is 60.2 cm³/mol. The van der Waals surface area contributed by atoms with Crippen molar-refractivity contribution in [3.05, 3.63) is 0 Å². The SMILES string of the molecule is CC.COC(=O)CCCCCCBr. The van der Waals surface area contributed by atoms with Crippen molar-refractivity contribution in [1.82, 2.24) is 0 Å². The van der Waals surface area contributed by atoms with Gasteiger partial charge in [0.25, 0.3) is 0 Å². The molecule has 0 aliphatic heterocycles. The largest absolute Gasteiger partial charge is 0.469 e. The number of methoxy groups -OCH3 is 1. The highest BCUT2D eigenvalue weighted by atomic mass is 79.9. The van der Waals surface area contributed by atoms with Crippen LogP contribution in [0, 0.1) is 0 Å². The van der Waals surface area contributed by atoms with Crippen LogP contribution in [0.5, 0.6) is 0 Å². The van der Waals surface area contributed by atoms with Crippen molar-refractivity contribution in [3.63, 3.8) is 0 Å². The topological polar surface area (TPSA) is 26.3 Å². The molecule has 0 saturated carbocycles. The lowest BCUT2D eigenvalue weighted by Crippen LogP contribution is -1.99. The van der Waals surface area contributed by atoms with Gasteiger partial charge in [0.15, 0.2) is 0 Å². The van der Waals surface area contributed by atoms with Gasteiger partial charge >= 0.3 is 5.97 Å². The van der Waals surface area contributed by atoms with Crippen molar-refractivity contribution in [2.75, 3.05) is 12.4 Å². The lowest BCUT2D eigenvalue weighted by Gasteiger charge is -1.98. The molecule has 0 aromatic heterocycles. The number of hydrogen-bond donors (Lipinski definition) is 0. The first-order valence-corrected chi connectivity index (χ1v) is 6.06. The molecule has 0 heterocycles. The zero-order chi connectivity index (χ0) is 10.5. The monoisotopic (exact) mass is 252 g/mol. The second-order valence-electron chi connectivity index (χ2n) is 2.43. The summed E-state index contributed by atoms with van der Waals surface area (Å²) >= 11 is 3.35. The summed E-state index contributed by atoms with van der Waals surface area (Å²) in [5.74, 6) is -0.0937. The molecule has 0 radical (unpaired) electrons. The van der Waals surface area contributed by atoms with Gasteiger partial charge in [0.05, 0.1) is 7.11 Å². The van der Waals surface area contributed by atoms with Crippen molar-refractivity contribution >= 4 is 21.9 Å². The molecule has 0 fully saturated rings. The van der Waals surface area contributed by atoms with Crippen LogP contribution in [0.15, 0.2) is 0 Å². The quantitative estimate of drug-likeness (QED) is 0.411. The van der Waals surface area contributed by atoms with E-state index in [4.69, 9.17) is 0 Å². The maximum absolute atomic E-state index is 10.6. The third kappa shape index (κ3) is 14.8. The fraction of sp³-hybridized carbons (Fsp3) is 0.900. The second-order valence-corrected chi connectivity index (χ2v) is 3.22. The molecule has 2 nitrogen and oxygen atoms in total. The minimum atomic E-state index is -0.0937. The Morgan fingerprint density at radius 1 is 1.15 bits per heavy atom. The zero-order valence-electron chi connectivity index (χ0n) is 8.94.